The number of fused-ring (bicyclic) bond motifs is 1. The van der Waals surface area contributed by atoms with Crippen molar-refractivity contribution in [3.8, 4) is 0 Å². The van der Waals surface area contributed by atoms with Crippen LogP contribution in [0.4, 0.5) is 0 Å². The van der Waals surface area contributed by atoms with Crippen molar-refractivity contribution >= 4 is 39.0 Å². The lowest BCUT2D eigenvalue weighted by molar-refractivity contribution is -0.137. The first-order valence-electron chi connectivity index (χ1n) is 11.0. The predicted molar refractivity (Wildman–Crippen MR) is 127 cm³/mol. The second-order valence-corrected chi connectivity index (χ2v) is 10.8. The fourth-order valence-electron chi connectivity index (χ4n) is 3.72. The van der Waals surface area contributed by atoms with Gasteiger partial charge in [-0.1, -0.05) is 25.5 Å². The molecule has 1 aromatic heterocycles. The van der Waals surface area contributed by atoms with Gasteiger partial charge in [0, 0.05) is 36.5 Å². The quantitative estimate of drug-likeness (QED) is 0.496. The third kappa shape index (κ3) is 6.49. The number of hydrogen-bond donors (Lipinski definition) is 2. The Bertz CT molecular complexity index is 1110. The highest BCUT2D eigenvalue weighted by Gasteiger charge is 2.28. The molecule has 0 radical (unpaired) electrons. The van der Waals surface area contributed by atoms with E-state index in [1.165, 1.54) is 36.1 Å². The van der Waals surface area contributed by atoms with E-state index in [2.05, 4.69) is 10.0 Å². The van der Waals surface area contributed by atoms with Gasteiger partial charge in [0.05, 0.1) is 4.90 Å². The van der Waals surface area contributed by atoms with E-state index in [0.717, 1.165) is 18.4 Å². The zero-order chi connectivity index (χ0) is 24.0. The Morgan fingerprint density at radius 2 is 1.88 bits per heavy atom. The molecule has 1 atom stereocenters. The summed E-state index contributed by atoms with van der Waals surface area (Å²) in [6.45, 7) is 4.44. The summed E-state index contributed by atoms with van der Waals surface area (Å²) >= 11 is 1.70. The lowest BCUT2D eigenvalue weighted by atomic mass is 10.1. The molecule has 2 amide bonds. The molecule has 33 heavy (non-hydrogen) atoms. The number of nitrogens with one attached hydrogen (secondary N) is 2. The molecule has 1 aliphatic rings. The summed E-state index contributed by atoms with van der Waals surface area (Å²) in [5.74, 6) is -0.641. The highest BCUT2D eigenvalue weighted by atomic mass is 32.2. The zero-order valence-electron chi connectivity index (χ0n) is 18.8. The highest BCUT2D eigenvalue weighted by Crippen LogP contribution is 2.24. The molecular weight excluding hydrogens is 462 g/mol. The minimum atomic E-state index is -3.81. The Labute approximate surface area is 198 Å². The molecule has 0 fully saturated rings. The summed E-state index contributed by atoms with van der Waals surface area (Å²) in [5, 5.41) is 4.81. The molecule has 3 rings (SSSR count). The summed E-state index contributed by atoms with van der Waals surface area (Å²) in [6.07, 6.45) is 1.98. The second-order valence-electron chi connectivity index (χ2n) is 8.02. The fourth-order valence-corrected chi connectivity index (χ4v) is 5.64. The van der Waals surface area contributed by atoms with Crippen molar-refractivity contribution < 1.29 is 22.8 Å². The number of sulfonamides is 1. The molecule has 0 aliphatic carbocycles. The normalized spacial score (nSPS) is 14.4. The Hall–Kier alpha value is -2.56. The van der Waals surface area contributed by atoms with E-state index in [-0.39, 0.29) is 35.5 Å². The first-order valence-corrected chi connectivity index (χ1v) is 13.3. The van der Waals surface area contributed by atoms with Crippen LogP contribution in [-0.2, 0) is 32.6 Å². The number of rotatable bonds is 10. The van der Waals surface area contributed by atoms with Crippen LogP contribution in [0.2, 0.25) is 0 Å². The van der Waals surface area contributed by atoms with Crippen LogP contribution in [0.3, 0.4) is 0 Å². The SMILES string of the molecule is CCCC(NC(=O)CCNS(=O)(=O)c1ccc(C(C)=O)cc1)C(=O)N1CCc2sccc2C1. The summed E-state index contributed by atoms with van der Waals surface area (Å²) < 4.78 is 27.2. The van der Waals surface area contributed by atoms with Crippen molar-refractivity contribution in [3.63, 3.8) is 0 Å². The number of thiophene rings is 1. The number of ketones is 1. The number of carbonyl (C=O) groups excluding carboxylic acids is 3. The average Bonchev–Trinajstić information content (AvgIpc) is 3.26. The largest absolute Gasteiger partial charge is 0.344 e. The first-order chi connectivity index (χ1) is 15.7. The van der Waals surface area contributed by atoms with Crippen molar-refractivity contribution in [1.82, 2.24) is 14.9 Å². The van der Waals surface area contributed by atoms with Gasteiger partial charge < -0.3 is 10.2 Å². The van der Waals surface area contributed by atoms with E-state index in [0.29, 0.717) is 25.1 Å². The molecule has 0 saturated carbocycles. The number of carbonyl (C=O) groups is 3. The van der Waals surface area contributed by atoms with Crippen LogP contribution >= 0.6 is 11.3 Å². The van der Waals surface area contributed by atoms with Crippen LogP contribution in [0, 0.1) is 0 Å². The van der Waals surface area contributed by atoms with Crippen LogP contribution in [0.5, 0.6) is 0 Å². The van der Waals surface area contributed by atoms with Gasteiger partial charge in [-0.25, -0.2) is 13.1 Å². The molecule has 2 aromatic rings. The van der Waals surface area contributed by atoms with E-state index in [1.807, 2.05) is 18.4 Å². The van der Waals surface area contributed by atoms with Gasteiger partial charge in [0.2, 0.25) is 21.8 Å². The van der Waals surface area contributed by atoms with Gasteiger partial charge in [0.1, 0.15) is 6.04 Å². The maximum absolute atomic E-state index is 13.0. The summed E-state index contributed by atoms with van der Waals surface area (Å²) in [5.41, 5.74) is 1.58. The second kappa shape index (κ2) is 11.0. The number of nitrogens with zero attached hydrogens (tertiary/aromatic N) is 1. The van der Waals surface area contributed by atoms with E-state index in [4.69, 9.17) is 0 Å². The van der Waals surface area contributed by atoms with Gasteiger partial charge in [-0.3, -0.25) is 14.4 Å². The molecule has 178 valence electrons. The highest BCUT2D eigenvalue weighted by molar-refractivity contribution is 7.89. The van der Waals surface area contributed by atoms with Crippen molar-refractivity contribution in [2.24, 2.45) is 0 Å². The fraction of sp³-hybridized carbons (Fsp3) is 0.435. The van der Waals surface area contributed by atoms with Crippen molar-refractivity contribution in [2.75, 3.05) is 13.1 Å². The van der Waals surface area contributed by atoms with Gasteiger partial charge in [0.15, 0.2) is 5.78 Å². The molecule has 0 spiro atoms. The number of hydrogen-bond acceptors (Lipinski definition) is 6. The molecule has 1 aliphatic heterocycles. The standard InChI is InChI=1S/C23H29N3O5S2/c1-3-4-20(23(29)26-13-10-21-18(15-26)11-14-32-21)25-22(28)9-12-24-33(30,31)19-7-5-17(6-8-19)16(2)27/h5-8,11,14,20,24H,3-4,9-10,12-13,15H2,1-2H3,(H,25,28). The lowest BCUT2D eigenvalue weighted by Gasteiger charge is -2.31. The minimum absolute atomic E-state index is 0.0184. The summed E-state index contributed by atoms with van der Waals surface area (Å²) in [7, 11) is -3.81. The van der Waals surface area contributed by atoms with E-state index < -0.39 is 16.1 Å². The molecule has 2 heterocycles. The zero-order valence-corrected chi connectivity index (χ0v) is 20.4. The monoisotopic (exact) mass is 491 g/mol. The third-order valence-corrected chi connectivity index (χ3v) is 8.05. The number of Topliss-reactive ketones (excluding diaryl/α,β-unsaturated/α-hetero) is 1. The van der Waals surface area contributed by atoms with Crippen molar-refractivity contribution in [1.29, 1.82) is 0 Å². The molecular formula is C23H29N3O5S2. The first kappa shape index (κ1) is 25.1. The van der Waals surface area contributed by atoms with Crippen molar-refractivity contribution in [2.45, 2.75) is 57.0 Å². The molecule has 10 heteroatoms. The van der Waals surface area contributed by atoms with Crippen LogP contribution in [0.15, 0.2) is 40.6 Å². The lowest BCUT2D eigenvalue weighted by Crippen LogP contribution is -2.50. The molecule has 8 nitrogen and oxygen atoms in total. The van der Waals surface area contributed by atoms with Gasteiger partial charge in [-0.05, 0) is 48.9 Å². The van der Waals surface area contributed by atoms with Gasteiger partial charge in [0.25, 0.3) is 0 Å². The van der Waals surface area contributed by atoms with Crippen LogP contribution < -0.4 is 10.0 Å². The molecule has 1 unspecified atom stereocenters. The average molecular weight is 492 g/mol. The van der Waals surface area contributed by atoms with E-state index in [9.17, 15) is 22.8 Å². The Morgan fingerprint density at radius 3 is 2.55 bits per heavy atom. The third-order valence-electron chi connectivity index (χ3n) is 5.55. The maximum Gasteiger partial charge on any atom is 0.245 e. The van der Waals surface area contributed by atoms with E-state index in [1.54, 1.807) is 16.2 Å². The molecule has 1 aromatic carbocycles. The maximum atomic E-state index is 13.0. The summed E-state index contributed by atoms with van der Waals surface area (Å²) in [6, 6.07) is 7.01. The Balaban J connectivity index is 1.52. The smallest absolute Gasteiger partial charge is 0.245 e. The Kier molecular flexibility index (Phi) is 8.39. The topological polar surface area (TPSA) is 113 Å². The van der Waals surface area contributed by atoms with E-state index >= 15 is 0 Å². The van der Waals surface area contributed by atoms with Gasteiger partial charge >= 0.3 is 0 Å². The molecule has 0 bridgehead atoms. The van der Waals surface area contributed by atoms with Gasteiger partial charge in [-0.15, -0.1) is 11.3 Å². The Morgan fingerprint density at radius 1 is 1.15 bits per heavy atom. The van der Waals surface area contributed by atoms with Crippen LogP contribution in [0.25, 0.3) is 0 Å². The summed E-state index contributed by atoms with van der Waals surface area (Å²) in [4.78, 5) is 39.9. The van der Waals surface area contributed by atoms with Gasteiger partial charge in [-0.2, -0.15) is 0 Å². The number of benzene rings is 1. The van der Waals surface area contributed by atoms with Crippen LogP contribution in [0.1, 0.15) is 53.9 Å². The minimum Gasteiger partial charge on any atom is -0.344 e. The number of amides is 2. The molecule has 0 saturated heterocycles. The van der Waals surface area contributed by atoms with Crippen molar-refractivity contribution in [3.05, 3.63) is 51.7 Å². The molecule has 2 N–H and O–H groups in total. The van der Waals surface area contributed by atoms with Crippen LogP contribution in [-0.4, -0.2) is 50.0 Å². The predicted octanol–water partition coefficient (Wildman–Crippen LogP) is 2.49.